The molecular weight excluding hydrogens is 364 g/mol. The Morgan fingerprint density at radius 1 is 1.07 bits per heavy atom. The van der Waals surface area contributed by atoms with Crippen LogP contribution < -0.4 is 5.32 Å². The quantitative estimate of drug-likeness (QED) is 0.351. The average Bonchev–Trinajstić information content (AvgIpc) is 2.70. The number of nitro benzene ring substituents is 1. The zero-order valence-electron chi connectivity index (χ0n) is 15.2. The van der Waals surface area contributed by atoms with Crippen LogP contribution in [-0.2, 0) is 9.53 Å². The number of carbonyl (C=O) groups is 2. The standard InChI is InChI=1S/C20H18N2O6/c1-13(23)18(20(25)28-2)21-19(24)16-9-5-14(6-10-16)3-4-15-7-11-17(12-8-15)22(26)27/h5-13,18,23H,1-2H3,(H,21,24)/t13-,18+/m1/s1. The molecule has 0 unspecified atom stereocenters. The third-order valence-electron chi connectivity index (χ3n) is 3.80. The Hall–Kier alpha value is -3.70. The zero-order chi connectivity index (χ0) is 20.7. The highest BCUT2D eigenvalue weighted by Crippen LogP contribution is 2.11. The van der Waals surface area contributed by atoms with E-state index >= 15 is 0 Å². The topological polar surface area (TPSA) is 119 Å². The van der Waals surface area contributed by atoms with Gasteiger partial charge >= 0.3 is 5.97 Å². The number of aliphatic hydroxyl groups is 1. The van der Waals surface area contributed by atoms with Gasteiger partial charge in [0.2, 0.25) is 0 Å². The van der Waals surface area contributed by atoms with Crippen LogP contribution in [0.2, 0.25) is 0 Å². The monoisotopic (exact) mass is 382 g/mol. The second-order valence-electron chi connectivity index (χ2n) is 5.85. The van der Waals surface area contributed by atoms with Crippen molar-refractivity contribution in [3.63, 3.8) is 0 Å². The molecule has 8 heteroatoms. The number of amides is 1. The summed E-state index contributed by atoms with van der Waals surface area (Å²) in [6.45, 7) is 1.37. The molecule has 0 bridgehead atoms. The average molecular weight is 382 g/mol. The van der Waals surface area contributed by atoms with Gasteiger partial charge in [0.15, 0.2) is 6.04 Å². The lowest BCUT2D eigenvalue weighted by molar-refractivity contribution is -0.384. The number of non-ortho nitro benzene ring substituents is 1. The Morgan fingerprint density at radius 3 is 2.00 bits per heavy atom. The van der Waals surface area contributed by atoms with E-state index in [0.717, 1.165) is 0 Å². The fourth-order valence-corrected chi connectivity index (χ4v) is 2.24. The number of rotatable bonds is 5. The van der Waals surface area contributed by atoms with E-state index in [0.29, 0.717) is 11.1 Å². The van der Waals surface area contributed by atoms with Crippen LogP contribution in [0.4, 0.5) is 5.69 Å². The minimum Gasteiger partial charge on any atom is -0.467 e. The molecule has 0 heterocycles. The third kappa shape index (κ3) is 5.40. The van der Waals surface area contributed by atoms with Crippen molar-refractivity contribution in [2.75, 3.05) is 7.11 Å². The number of hydrogen-bond donors (Lipinski definition) is 2. The van der Waals surface area contributed by atoms with Crippen molar-refractivity contribution in [3.05, 3.63) is 75.3 Å². The fourth-order valence-electron chi connectivity index (χ4n) is 2.24. The summed E-state index contributed by atoms with van der Waals surface area (Å²) in [5.74, 6) is 4.50. The molecule has 2 aromatic carbocycles. The molecule has 144 valence electrons. The number of esters is 1. The van der Waals surface area contributed by atoms with Crippen molar-refractivity contribution in [2.45, 2.75) is 19.1 Å². The molecule has 2 aromatic rings. The molecule has 0 aliphatic carbocycles. The second-order valence-corrected chi connectivity index (χ2v) is 5.85. The first-order valence-corrected chi connectivity index (χ1v) is 8.25. The SMILES string of the molecule is COC(=O)[C@@H](NC(=O)c1ccc(C#Cc2ccc([N+](=O)[O-])cc2)cc1)[C@@H](C)O. The van der Waals surface area contributed by atoms with Crippen LogP contribution in [0.25, 0.3) is 0 Å². The first kappa shape index (κ1) is 20.6. The molecule has 2 atom stereocenters. The molecule has 2 N–H and O–H groups in total. The number of aliphatic hydroxyl groups excluding tert-OH is 1. The summed E-state index contributed by atoms with van der Waals surface area (Å²) in [6.07, 6.45) is -1.11. The highest BCUT2D eigenvalue weighted by molar-refractivity contribution is 5.97. The van der Waals surface area contributed by atoms with Crippen molar-refractivity contribution < 1.29 is 24.4 Å². The predicted molar refractivity (Wildman–Crippen MR) is 100 cm³/mol. The second kappa shape index (κ2) is 9.30. The van der Waals surface area contributed by atoms with Crippen LogP contribution in [0.15, 0.2) is 48.5 Å². The number of carbonyl (C=O) groups excluding carboxylic acids is 2. The minimum absolute atomic E-state index is 0.0108. The van der Waals surface area contributed by atoms with Gasteiger partial charge in [-0.15, -0.1) is 0 Å². The number of hydrogen-bond acceptors (Lipinski definition) is 6. The van der Waals surface area contributed by atoms with Gasteiger partial charge in [0.25, 0.3) is 11.6 Å². The molecule has 0 aliphatic heterocycles. The molecule has 28 heavy (non-hydrogen) atoms. The fraction of sp³-hybridized carbons (Fsp3) is 0.200. The van der Waals surface area contributed by atoms with E-state index in [1.54, 1.807) is 24.3 Å². The molecular formula is C20H18N2O6. The maximum absolute atomic E-state index is 12.2. The van der Waals surface area contributed by atoms with E-state index in [1.807, 2.05) is 0 Å². The van der Waals surface area contributed by atoms with Crippen LogP contribution in [0.3, 0.4) is 0 Å². The number of nitro groups is 1. The minimum atomic E-state index is -1.17. The predicted octanol–water partition coefficient (Wildman–Crippen LogP) is 1.65. The Kier molecular flexibility index (Phi) is 6.84. The zero-order valence-corrected chi connectivity index (χ0v) is 15.2. The molecule has 8 nitrogen and oxygen atoms in total. The first-order chi connectivity index (χ1) is 13.3. The van der Waals surface area contributed by atoms with E-state index < -0.39 is 28.9 Å². The summed E-state index contributed by atoms with van der Waals surface area (Å²) >= 11 is 0. The summed E-state index contributed by atoms with van der Waals surface area (Å²) in [5.41, 5.74) is 1.53. The first-order valence-electron chi connectivity index (χ1n) is 8.25. The van der Waals surface area contributed by atoms with E-state index in [2.05, 4.69) is 21.9 Å². The van der Waals surface area contributed by atoms with Crippen molar-refractivity contribution in [2.24, 2.45) is 0 Å². The smallest absolute Gasteiger partial charge is 0.331 e. The van der Waals surface area contributed by atoms with Gasteiger partial charge in [0.05, 0.1) is 18.1 Å². The number of methoxy groups -OCH3 is 1. The van der Waals surface area contributed by atoms with E-state index in [-0.39, 0.29) is 11.3 Å². The van der Waals surface area contributed by atoms with Gasteiger partial charge in [-0.2, -0.15) is 0 Å². The summed E-state index contributed by atoms with van der Waals surface area (Å²) in [6, 6.07) is 11.0. The Labute approximate surface area is 161 Å². The van der Waals surface area contributed by atoms with E-state index in [4.69, 9.17) is 0 Å². The maximum Gasteiger partial charge on any atom is 0.331 e. The van der Waals surface area contributed by atoms with Crippen molar-refractivity contribution in [1.82, 2.24) is 5.32 Å². The van der Waals surface area contributed by atoms with Gasteiger partial charge in [0, 0.05) is 28.8 Å². The van der Waals surface area contributed by atoms with Crippen LogP contribution >= 0.6 is 0 Å². The lowest BCUT2D eigenvalue weighted by Crippen LogP contribution is -2.48. The molecule has 0 aromatic heterocycles. The van der Waals surface area contributed by atoms with Crippen LogP contribution in [-0.4, -0.2) is 41.2 Å². The highest BCUT2D eigenvalue weighted by Gasteiger charge is 2.26. The summed E-state index contributed by atoms with van der Waals surface area (Å²) in [7, 11) is 1.17. The van der Waals surface area contributed by atoms with E-state index in [1.165, 1.54) is 38.3 Å². The molecule has 0 saturated heterocycles. The normalized spacial score (nSPS) is 12.1. The summed E-state index contributed by atoms with van der Waals surface area (Å²) < 4.78 is 4.55. The van der Waals surface area contributed by atoms with Crippen LogP contribution in [0.5, 0.6) is 0 Å². The highest BCUT2D eigenvalue weighted by atomic mass is 16.6. The molecule has 0 saturated carbocycles. The van der Waals surface area contributed by atoms with Crippen molar-refractivity contribution in [1.29, 1.82) is 0 Å². The van der Waals surface area contributed by atoms with Gasteiger partial charge in [-0.25, -0.2) is 4.79 Å². The molecule has 1 amide bonds. The van der Waals surface area contributed by atoms with Crippen molar-refractivity contribution >= 4 is 17.6 Å². The Balaban J connectivity index is 2.08. The third-order valence-corrected chi connectivity index (χ3v) is 3.80. The van der Waals surface area contributed by atoms with Gasteiger partial charge in [0.1, 0.15) is 0 Å². The molecule has 0 radical (unpaired) electrons. The number of benzene rings is 2. The van der Waals surface area contributed by atoms with Gasteiger partial charge < -0.3 is 15.2 Å². The van der Waals surface area contributed by atoms with Crippen LogP contribution in [0.1, 0.15) is 28.4 Å². The lowest BCUT2D eigenvalue weighted by Gasteiger charge is -2.18. The van der Waals surface area contributed by atoms with Gasteiger partial charge in [-0.1, -0.05) is 11.8 Å². The lowest BCUT2D eigenvalue weighted by atomic mass is 10.1. The van der Waals surface area contributed by atoms with Crippen LogP contribution in [0, 0.1) is 22.0 Å². The van der Waals surface area contributed by atoms with Gasteiger partial charge in [-0.05, 0) is 43.3 Å². The largest absolute Gasteiger partial charge is 0.467 e. The van der Waals surface area contributed by atoms with Gasteiger partial charge in [-0.3, -0.25) is 14.9 Å². The molecule has 0 fully saturated rings. The Bertz CT molecular complexity index is 924. The summed E-state index contributed by atoms with van der Waals surface area (Å²) in [4.78, 5) is 34.0. The molecule has 2 rings (SSSR count). The molecule has 0 spiro atoms. The maximum atomic E-state index is 12.2. The number of nitrogens with zero attached hydrogens (tertiary/aromatic N) is 1. The molecule has 0 aliphatic rings. The Morgan fingerprint density at radius 2 is 1.57 bits per heavy atom. The summed E-state index contributed by atoms with van der Waals surface area (Å²) in [5, 5.41) is 22.7. The van der Waals surface area contributed by atoms with E-state index in [9.17, 15) is 24.8 Å². The number of nitrogens with one attached hydrogen (secondary N) is 1. The van der Waals surface area contributed by atoms with Crippen molar-refractivity contribution in [3.8, 4) is 11.8 Å². The number of ether oxygens (including phenoxy) is 1.